The van der Waals surface area contributed by atoms with Crippen LogP contribution in [0.3, 0.4) is 0 Å². The standard InChI is InChI=1S/C10H14NO5S/c1-10(2)6(4-16-15)11-8(14)5(3-7(12)13)9(11)17-10/h4-6,9,15H,3H2,1-2H3,(H,12,13)/q-1/p-1/t5-,6+,9-/m1/s1. The summed E-state index contributed by atoms with van der Waals surface area (Å²) in [4.78, 5) is 27.8. The summed E-state index contributed by atoms with van der Waals surface area (Å²) in [6.45, 7) is 4.91. The van der Waals surface area contributed by atoms with Gasteiger partial charge in [0.1, 0.15) is 0 Å². The van der Waals surface area contributed by atoms with Gasteiger partial charge in [0, 0.05) is 4.75 Å². The number of carbonyl (C=O) groups is 2. The Hall–Kier alpha value is -0.790. The van der Waals surface area contributed by atoms with E-state index >= 15 is 0 Å². The van der Waals surface area contributed by atoms with Gasteiger partial charge in [-0.2, -0.15) is 0 Å². The highest BCUT2D eigenvalue weighted by Gasteiger charge is 2.58. The fraction of sp³-hybridized carbons (Fsp3) is 0.700. The minimum absolute atomic E-state index is 0.159. The van der Waals surface area contributed by atoms with E-state index in [1.807, 2.05) is 13.8 Å². The predicted octanol–water partition coefficient (Wildman–Crippen LogP) is -0.407. The minimum atomic E-state index is -0.978. The smallest absolute Gasteiger partial charge is 0.304 e. The Balaban J connectivity index is 2.13. The third-order valence-electron chi connectivity index (χ3n) is 3.21. The topological polar surface area (TPSA) is 89.9 Å². The molecule has 2 rings (SSSR count). The van der Waals surface area contributed by atoms with Gasteiger partial charge in [0.25, 0.3) is 0 Å². The number of hydrogen-bond acceptors (Lipinski definition) is 5. The second kappa shape index (κ2) is 4.15. The van der Waals surface area contributed by atoms with Crippen molar-refractivity contribution in [2.75, 3.05) is 0 Å². The second-order valence-corrected chi connectivity index (χ2v) is 6.51. The zero-order valence-corrected chi connectivity index (χ0v) is 10.3. The van der Waals surface area contributed by atoms with Crippen LogP contribution < -0.4 is 5.26 Å². The number of carbonyl (C=O) groups excluding carboxylic acids is 1. The molecule has 0 spiro atoms. The molecule has 7 heteroatoms. The SMILES string of the molecule is CC1(C)S[C@@H]2[C@H](CC(=O)O)C(=O)N2[C@H]1[CH-]O[O-]. The van der Waals surface area contributed by atoms with E-state index in [1.54, 1.807) is 0 Å². The molecule has 96 valence electrons. The molecule has 17 heavy (non-hydrogen) atoms. The van der Waals surface area contributed by atoms with Crippen LogP contribution in [-0.4, -0.2) is 38.0 Å². The third kappa shape index (κ3) is 1.92. The number of fused-ring (bicyclic) bond motifs is 1. The van der Waals surface area contributed by atoms with Crippen molar-refractivity contribution in [2.24, 2.45) is 5.92 Å². The zero-order chi connectivity index (χ0) is 12.8. The molecule has 0 aromatic carbocycles. The lowest BCUT2D eigenvalue weighted by Gasteiger charge is -2.49. The summed E-state index contributed by atoms with van der Waals surface area (Å²) in [7, 11) is 0. The normalized spacial score (nSPS) is 34.4. The van der Waals surface area contributed by atoms with Gasteiger partial charge < -0.3 is 20.2 Å². The summed E-state index contributed by atoms with van der Waals surface area (Å²) in [5, 5.41) is 18.8. The molecule has 1 N–H and O–H groups in total. The van der Waals surface area contributed by atoms with Crippen molar-refractivity contribution in [1.29, 1.82) is 0 Å². The lowest BCUT2D eigenvalue weighted by atomic mass is 9.90. The van der Waals surface area contributed by atoms with E-state index in [2.05, 4.69) is 4.89 Å². The molecule has 1 amide bonds. The molecule has 2 fully saturated rings. The summed E-state index contributed by atoms with van der Waals surface area (Å²) >= 11 is 1.51. The highest BCUT2D eigenvalue weighted by atomic mass is 32.2. The fourth-order valence-corrected chi connectivity index (χ4v) is 4.02. The number of carboxylic acid groups (broad SMARTS) is 1. The van der Waals surface area contributed by atoms with Crippen LogP contribution in [0.1, 0.15) is 20.3 Å². The van der Waals surface area contributed by atoms with E-state index < -0.39 is 17.9 Å². The van der Waals surface area contributed by atoms with Gasteiger partial charge in [0.15, 0.2) is 0 Å². The number of thioether (sulfide) groups is 1. The number of aliphatic carboxylic acids is 1. The molecular weight excluding hydrogens is 246 g/mol. The highest BCUT2D eigenvalue weighted by molar-refractivity contribution is 8.01. The Labute approximate surface area is 103 Å². The van der Waals surface area contributed by atoms with Gasteiger partial charge in [-0.1, -0.05) is 19.9 Å². The van der Waals surface area contributed by atoms with Gasteiger partial charge >= 0.3 is 5.97 Å². The molecular formula is C10H13NO5S-2. The van der Waals surface area contributed by atoms with Gasteiger partial charge in [0.2, 0.25) is 5.91 Å². The number of rotatable bonds is 4. The van der Waals surface area contributed by atoms with Crippen molar-refractivity contribution < 1.29 is 24.8 Å². The summed E-state index contributed by atoms with van der Waals surface area (Å²) in [6.07, 6.45) is -0.159. The van der Waals surface area contributed by atoms with Gasteiger partial charge in [0.05, 0.1) is 17.7 Å². The van der Waals surface area contributed by atoms with Crippen LogP contribution in [0, 0.1) is 12.5 Å². The van der Waals surface area contributed by atoms with Crippen molar-refractivity contribution in [3.05, 3.63) is 6.61 Å². The lowest BCUT2D eigenvalue weighted by Crippen LogP contribution is -2.61. The van der Waals surface area contributed by atoms with Crippen molar-refractivity contribution in [3.8, 4) is 0 Å². The van der Waals surface area contributed by atoms with Gasteiger partial charge in [-0.05, 0) is 0 Å². The maximum atomic E-state index is 11.8. The van der Waals surface area contributed by atoms with Crippen LogP contribution >= 0.6 is 11.8 Å². The molecule has 0 unspecified atom stereocenters. The number of β-lactam (4-membered cyclic amide) rings is 1. The predicted molar refractivity (Wildman–Crippen MR) is 57.2 cm³/mol. The maximum absolute atomic E-state index is 11.8. The molecule has 0 aromatic heterocycles. The quantitative estimate of drug-likeness (QED) is 0.319. The molecule has 2 aliphatic heterocycles. The zero-order valence-electron chi connectivity index (χ0n) is 9.45. The molecule has 6 nitrogen and oxygen atoms in total. The first-order valence-corrected chi connectivity index (χ1v) is 6.10. The fourth-order valence-electron chi connectivity index (χ4n) is 2.36. The Morgan fingerprint density at radius 1 is 1.71 bits per heavy atom. The van der Waals surface area contributed by atoms with E-state index in [1.165, 1.54) is 16.7 Å². The van der Waals surface area contributed by atoms with Crippen LogP contribution in [0.25, 0.3) is 0 Å². The van der Waals surface area contributed by atoms with Crippen molar-refractivity contribution >= 4 is 23.6 Å². The van der Waals surface area contributed by atoms with Crippen LogP contribution in [0.5, 0.6) is 0 Å². The molecule has 2 heterocycles. The van der Waals surface area contributed by atoms with E-state index in [-0.39, 0.29) is 22.4 Å². The lowest BCUT2D eigenvalue weighted by molar-refractivity contribution is -0.676. The minimum Gasteiger partial charge on any atom is -0.759 e. The third-order valence-corrected chi connectivity index (χ3v) is 4.85. The average Bonchev–Trinajstić information content (AvgIpc) is 2.46. The molecule has 0 bridgehead atoms. The second-order valence-electron chi connectivity index (χ2n) is 4.74. The average molecular weight is 259 g/mol. The molecule has 0 aliphatic carbocycles. The molecule has 0 radical (unpaired) electrons. The van der Waals surface area contributed by atoms with E-state index in [4.69, 9.17) is 5.11 Å². The van der Waals surface area contributed by atoms with E-state index in [0.29, 0.717) is 0 Å². The number of hydrogen-bond donors (Lipinski definition) is 1. The Kier molecular flexibility index (Phi) is 3.09. The maximum Gasteiger partial charge on any atom is 0.304 e. The van der Waals surface area contributed by atoms with Crippen LogP contribution in [0.2, 0.25) is 0 Å². The Morgan fingerprint density at radius 3 is 2.88 bits per heavy atom. The van der Waals surface area contributed by atoms with Gasteiger partial charge in [-0.3, -0.25) is 9.59 Å². The first kappa shape index (κ1) is 12.7. The first-order chi connectivity index (χ1) is 7.88. The summed E-state index contributed by atoms with van der Waals surface area (Å²) in [5.41, 5.74) is 0. The van der Waals surface area contributed by atoms with Crippen LogP contribution in [0.15, 0.2) is 0 Å². The first-order valence-electron chi connectivity index (χ1n) is 5.22. The summed E-state index contributed by atoms with van der Waals surface area (Å²) in [6, 6.07) is -0.396. The number of carboxylic acids is 1. The molecule has 2 aliphatic rings. The van der Waals surface area contributed by atoms with Crippen molar-refractivity contribution in [1.82, 2.24) is 4.90 Å². The van der Waals surface area contributed by atoms with Crippen LogP contribution in [-0.2, 0) is 14.5 Å². The van der Waals surface area contributed by atoms with Crippen LogP contribution in [0.4, 0.5) is 0 Å². The monoisotopic (exact) mass is 259 g/mol. The van der Waals surface area contributed by atoms with Crippen molar-refractivity contribution in [3.63, 3.8) is 0 Å². The highest BCUT2D eigenvalue weighted by Crippen LogP contribution is 2.54. The Bertz CT molecular complexity index is 359. The summed E-state index contributed by atoms with van der Waals surface area (Å²) in [5.74, 6) is -1.68. The number of amides is 1. The molecule has 0 aromatic rings. The van der Waals surface area contributed by atoms with E-state index in [0.717, 1.165) is 6.61 Å². The number of nitrogens with zero attached hydrogens (tertiary/aromatic N) is 1. The van der Waals surface area contributed by atoms with E-state index in [9.17, 15) is 14.8 Å². The molecule has 0 saturated carbocycles. The summed E-state index contributed by atoms with van der Waals surface area (Å²) < 4.78 is -0.335. The molecule has 3 atom stereocenters. The Morgan fingerprint density at radius 2 is 2.35 bits per heavy atom. The van der Waals surface area contributed by atoms with Crippen molar-refractivity contribution in [2.45, 2.75) is 36.4 Å². The van der Waals surface area contributed by atoms with Gasteiger partial charge in [-0.25, -0.2) is 6.61 Å². The largest absolute Gasteiger partial charge is 0.759 e. The molecule has 2 saturated heterocycles. The van der Waals surface area contributed by atoms with Gasteiger partial charge in [-0.15, -0.1) is 11.8 Å².